The Morgan fingerprint density at radius 2 is 0.906 bits per heavy atom. The number of aliphatic hydroxyl groups is 1. The van der Waals surface area contributed by atoms with Gasteiger partial charge in [-0.15, -0.1) is 0 Å². The van der Waals surface area contributed by atoms with Crippen molar-refractivity contribution in [3.05, 3.63) is 0 Å². The fraction of sp³-hybridized carbons (Fsp3) is 0.966. The summed E-state index contributed by atoms with van der Waals surface area (Å²) in [5, 5.41) is 9.17. The number of ether oxygens (including phenoxy) is 1. The topological polar surface area (TPSA) is 46.5 Å². The van der Waals surface area contributed by atoms with Gasteiger partial charge in [-0.2, -0.15) is 0 Å². The van der Waals surface area contributed by atoms with Crippen molar-refractivity contribution >= 4 is 5.97 Å². The first kappa shape index (κ1) is 31.4. The second-order valence-electron chi connectivity index (χ2n) is 10.8. The van der Waals surface area contributed by atoms with Crippen molar-refractivity contribution in [1.29, 1.82) is 0 Å². The predicted molar refractivity (Wildman–Crippen MR) is 139 cm³/mol. The van der Waals surface area contributed by atoms with E-state index in [9.17, 15) is 9.90 Å². The van der Waals surface area contributed by atoms with Gasteiger partial charge in [0.15, 0.2) is 0 Å². The molecule has 0 amide bonds. The van der Waals surface area contributed by atoms with Crippen LogP contribution in [-0.2, 0) is 9.53 Å². The van der Waals surface area contributed by atoms with E-state index >= 15 is 0 Å². The van der Waals surface area contributed by atoms with Crippen LogP contribution in [0.3, 0.4) is 0 Å². The lowest BCUT2D eigenvalue weighted by atomic mass is 9.96. The van der Waals surface area contributed by atoms with Crippen LogP contribution in [0.5, 0.6) is 0 Å². The molecule has 0 spiro atoms. The standard InChI is InChI=1S/C29H58O3/c1-4-5-6-7-8-9-10-11-12-13-14-15-16-17-18-19-20-21-22-23-24-25-28(31)32-27-29(2,3)26-30/h30H,4-27H2,1-3H3. The lowest BCUT2D eigenvalue weighted by Crippen LogP contribution is -2.25. The Balaban J connectivity index is 3.16. The van der Waals surface area contributed by atoms with E-state index in [1.807, 2.05) is 13.8 Å². The summed E-state index contributed by atoms with van der Waals surface area (Å²) >= 11 is 0. The van der Waals surface area contributed by atoms with Gasteiger partial charge in [0.2, 0.25) is 0 Å². The minimum atomic E-state index is -0.331. The zero-order valence-corrected chi connectivity index (χ0v) is 22.2. The zero-order valence-electron chi connectivity index (χ0n) is 22.2. The summed E-state index contributed by atoms with van der Waals surface area (Å²) < 4.78 is 5.24. The summed E-state index contributed by atoms with van der Waals surface area (Å²) in [6, 6.07) is 0. The molecule has 3 heteroatoms. The number of hydrogen-bond acceptors (Lipinski definition) is 3. The molecule has 0 aromatic carbocycles. The second-order valence-corrected chi connectivity index (χ2v) is 10.8. The van der Waals surface area contributed by atoms with Crippen LogP contribution >= 0.6 is 0 Å². The van der Waals surface area contributed by atoms with Crippen molar-refractivity contribution in [3.63, 3.8) is 0 Å². The predicted octanol–water partition coefficient (Wildman–Crippen LogP) is 9.15. The Morgan fingerprint density at radius 1 is 0.594 bits per heavy atom. The average Bonchev–Trinajstić information content (AvgIpc) is 2.78. The van der Waals surface area contributed by atoms with Crippen molar-refractivity contribution < 1.29 is 14.6 Å². The Kier molecular flexibility index (Phi) is 23.2. The van der Waals surface area contributed by atoms with Gasteiger partial charge in [0, 0.05) is 11.8 Å². The third-order valence-electron chi connectivity index (χ3n) is 6.54. The Labute approximate surface area is 201 Å². The van der Waals surface area contributed by atoms with Crippen molar-refractivity contribution in [2.45, 2.75) is 162 Å². The SMILES string of the molecule is CCCCCCCCCCCCCCCCCCCCCCCC(=O)OCC(C)(C)CO. The molecular weight excluding hydrogens is 396 g/mol. The molecule has 0 heterocycles. The number of unbranched alkanes of at least 4 members (excludes halogenated alkanes) is 20. The van der Waals surface area contributed by atoms with E-state index in [0.717, 1.165) is 12.8 Å². The molecule has 1 N–H and O–H groups in total. The first-order chi connectivity index (χ1) is 15.5. The van der Waals surface area contributed by atoms with Crippen LogP contribution in [-0.4, -0.2) is 24.3 Å². The van der Waals surface area contributed by atoms with Crippen LogP contribution in [0.2, 0.25) is 0 Å². The molecule has 0 aliphatic rings. The highest BCUT2D eigenvalue weighted by Crippen LogP contribution is 2.16. The van der Waals surface area contributed by atoms with Gasteiger partial charge in [-0.05, 0) is 6.42 Å². The van der Waals surface area contributed by atoms with Crippen LogP contribution in [0.1, 0.15) is 162 Å². The van der Waals surface area contributed by atoms with E-state index in [1.165, 1.54) is 122 Å². The number of carbonyl (C=O) groups excluding carboxylic acids is 1. The first-order valence-electron chi connectivity index (χ1n) is 14.3. The van der Waals surface area contributed by atoms with Crippen molar-refractivity contribution in [1.82, 2.24) is 0 Å². The molecule has 0 fully saturated rings. The Hall–Kier alpha value is -0.570. The van der Waals surface area contributed by atoms with Gasteiger partial charge in [-0.3, -0.25) is 4.79 Å². The lowest BCUT2D eigenvalue weighted by Gasteiger charge is -2.20. The van der Waals surface area contributed by atoms with Gasteiger partial charge >= 0.3 is 5.97 Å². The van der Waals surface area contributed by atoms with Gasteiger partial charge in [-0.25, -0.2) is 0 Å². The fourth-order valence-electron chi connectivity index (χ4n) is 4.09. The number of aliphatic hydroxyl groups excluding tert-OH is 1. The molecule has 0 saturated carbocycles. The zero-order chi connectivity index (χ0) is 23.8. The Bertz CT molecular complexity index is 392. The largest absolute Gasteiger partial charge is 0.465 e. The molecule has 3 nitrogen and oxygen atoms in total. The highest BCUT2D eigenvalue weighted by Gasteiger charge is 2.18. The molecule has 0 bridgehead atoms. The van der Waals surface area contributed by atoms with Crippen LogP contribution in [0, 0.1) is 5.41 Å². The third-order valence-corrected chi connectivity index (χ3v) is 6.54. The average molecular weight is 455 g/mol. The fourth-order valence-corrected chi connectivity index (χ4v) is 4.09. The van der Waals surface area contributed by atoms with Crippen LogP contribution in [0.25, 0.3) is 0 Å². The summed E-state index contributed by atoms with van der Waals surface area (Å²) in [5.74, 6) is -0.121. The van der Waals surface area contributed by atoms with Gasteiger partial charge in [0.05, 0.1) is 13.2 Å². The van der Waals surface area contributed by atoms with Gasteiger partial charge in [0.1, 0.15) is 0 Å². The van der Waals surface area contributed by atoms with E-state index in [0.29, 0.717) is 13.0 Å². The number of esters is 1. The van der Waals surface area contributed by atoms with Gasteiger partial charge < -0.3 is 9.84 Å². The molecular formula is C29H58O3. The first-order valence-corrected chi connectivity index (χ1v) is 14.3. The van der Waals surface area contributed by atoms with E-state index < -0.39 is 0 Å². The monoisotopic (exact) mass is 454 g/mol. The van der Waals surface area contributed by atoms with E-state index in [4.69, 9.17) is 4.74 Å². The Morgan fingerprint density at radius 3 is 1.22 bits per heavy atom. The molecule has 0 radical (unpaired) electrons. The van der Waals surface area contributed by atoms with E-state index in [-0.39, 0.29) is 18.0 Å². The molecule has 0 unspecified atom stereocenters. The number of hydrogen-bond donors (Lipinski definition) is 1. The maximum absolute atomic E-state index is 11.7. The molecule has 0 saturated heterocycles. The van der Waals surface area contributed by atoms with Gasteiger partial charge in [0.25, 0.3) is 0 Å². The third kappa shape index (κ3) is 24.1. The van der Waals surface area contributed by atoms with E-state index in [2.05, 4.69) is 6.92 Å². The summed E-state index contributed by atoms with van der Waals surface area (Å²) in [6.45, 7) is 6.44. The maximum atomic E-state index is 11.7. The molecule has 192 valence electrons. The summed E-state index contributed by atoms with van der Waals surface area (Å²) in [6.07, 6.45) is 29.3. The summed E-state index contributed by atoms with van der Waals surface area (Å²) in [4.78, 5) is 11.7. The second kappa shape index (κ2) is 23.6. The maximum Gasteiger partial charge on any atom is 0.305 e. The molecule has 0 aliphatic carbocycles. The number of carbonyl (C=O) groups is 1. The van der Waals surface area contributed by atoms with Crippen molar-refractivity contribution in [3.8, 4) is 0 Å². The van der Waals surface area contributed by atoms with Crippen molar-refractivity contribution in [2.75, 3.05) is 13.2 Å². The molecule has 0 atom stereocenters. The van der Waals surface area contributed by atoms with Gasteiger partial charge in [-0.1, -0.05) is 149 Å². The molecule has 0 aliphatic heterocycles. The normalized spacial score (nSPS) is 11.8. The minimum Gasteiger partial charge on any atom is -0.465 e. The lowest BCUT2D eigenvalue weighted by molar-refractivity contribution is -0.147. The van der Waals surface area contributed by atoms with Crippen LogP contribution in [0.15, 0.2) is 0 Å². The smallest absolute Gasteiger partial charge is 0.305 e. The van der Waals surface area contributed by atoms with E-state index in [1.54, 1.807) is 0 Å². The quantitative estimate of drug-likeness (QED) is 0.110. The summed E-state index contributed by atoms with van der Waals surface area (Å²) in [7, 11) is 0. The molecule has 0 aromatic heterocycles. The van der Waals surface area contributed by atoms with Crippen LogP contribution in [0.4, 0.5) is 0 Å². The highest BCUT2D eigenvalue weighted by atomic mass is 16.5. The number of rotatable bonds is 25. The highest BCUT2D eigenvalue weighted by molar-refractivity contribution is 5.69. The molecule has 0 rings (SSSR count). The van der Waals surface area contributed by atoms with Crippen LogP contribution < -0.4 is 0 Å². The molecule has 0 aromatic rings. The van der Waals surface area contributed by atoms with Crippen molar-refractivity contribution in [2.24, 2.45) is 5.41 Å². The molecule has 32 heavy (non-hydrogen) atoms. The minimum absolute atomic E-state index is 0.0413. The summed E-state index contributed by atoms with van der Waals surface area (Å²) in [5.41, 5.74) is -0.331.